The summed E-state index contributed by atoms with van der Waals surface area (Å²) in [6, 6.07) is 5.75. The van der Waals surface area contributed by atoms with Crippen molar-refractivity contribution in [3.63, 3.8) is 0 Å². The summed E-state index contributed by atoms with van der Waals surface area (Å²) in [7, 11) is 0. The quantitative estimate of drug-likeness (QED) is 0.846. The number of hydrogen-bond donors (Lipinski definition) is 1. The molecule has 0 aromatic carbocycles. The molecule has 3 rings (SSSR count). The molecule has 0 bridgehead atoms. The molecule has 7 heteroatoms. The van der Waals surface area contributed by atoms with Gasteiger partial charge in [-0.15, -0.1) is 11.3 Å². The van der Waals surface area contributed by atoms with Crippen molar-refractivity contribution in [1.29, 1.82) is 0 Å². The van der Waals surface area contributed by atoms with Crippen molar-refractivity contribution < 1.29 is 9.59 Å². The second-order valence-corrected chi connectivity index (χ2v) is 7.36. The zero-order valence-corrected chi connectivity index (χ0v) is 15.6. The van der Waals surface area contributed by atoms with E-state index in [9.17, 15) is 9.59 Å². The smallest absolute Gasteiger partial charge is 0.239 e. The summed E-state index contributed by atoms with van der Waals surface area (Å²) in [6.07, 6.45) is 7.14. The van der Waals surface area contributed by atoms with E-state index in [0.717, 1.165) is 42.1 Å². The van der Waals surface area contributed by atoms with Crippen LogP contribution in [0.5, 0.6) is 0 Å². The first kappa shape index (κ1) is 18.5. The van der Waals surface area contributed by atoms with Gasteiger partial charge in [0.2, 0.25) is 11.8 Å². The van der Waals surface area contributed by atoms with Gasteiger partial charge in [0, 0.05) is 37.5 Å². The summed E-state index contributed by atoms with van der Waals surface area (Å²) >= 11 is 1.57. The Labute approximate surface area is 157 Å². The highest BCUT2D eigenvalue weighted by Gasteiger charge is 2.18. The number of rotatable bonds is 6. The Morgan fingerprint density at radius 2 is 2.08 bits per heavy atom. The summed E-state index contributed by atoms with van der Waals surface area (Å²) in [4.78, 5) is 34.8. The van der Waals surface area contributed by atoms with E-state index in [4.69, 9.17) is 0 Å². The minimum absolute atomic E-state index is 0.0968. The summed E-state index contributed by atoms with van der Waals surface area (Å²) in [6.45, 7) is 1.37. The molecule has 0 atom stereocenters. The molecule has 26 heavy (non-hydrogen) atoms. The minimum atomic E-state index is -0.0968. The van der Waals surface area contributed by atoms with Crippen LogP contribution in [-0.4, -0.2) is 46.3 Å². The third kappa shape index (κ3) is 5.36. The monoisotopic (exact) mass is 372 g/mol. The van der Waals surface area contributed by atoms with Gasteiger partial charge in [0.15, 0.2) is 0 Å². The first-order valence-electron chi connectivity index (χ1n) is 9.12. The van der Waals surface area contributed by atoms with Crippen LogP contribution in [0.25, 0.3) is 11.4 Å². The lowest BCUT2D eigenvalue weighted by Crippen LogP contribution is -2.42. The van der Waals surface area contributed by atoms with Gasteiger partial charge in [-0.25, -0.2) is 4.98 Å². The fourth-order valence-corrected chi connectivity index (χ4v) is 3.77. The number of carbonyl (C=O) groups is 2. The topological polar surface area (TPSA) is 75.2 Å². The number of hydrogen-bond acceptors (Lipinski definition) is 5. The van der Waals surface area contributed by atoms with Crippen molar-refractivity contribution in [2.45, 2.75) is 38.5 Å². The molecule has 0 saturated carbocycles. The van der Waals surface area contributed by atoms with Crippen molar-refractivity contribution >= 4 is 23.2 Å². The maximum Gasteiger partial charge on any atom is 0.239 e. The lowest BCUT2D eigenvalue weighted by Gasteiger charge is -2.24. The molecule has 6 nitrogen and oxygen atoms in total. The molecule has 0 radical (unpaired) electrons. The zero-order valence-electron chi connectivity index (χ0n) is 14.8. The number of aromatic nitrogens is 2. The van der Waals surface area contributed by atoms with E-state index in [2.05, 4.69) is 15.3 Å². The highest BCUT2D eigenvalue weighted by atomic mass is 32.1. The molecule has 1 aliphatic heterocycles. The Balaban J connectivity index is 1.43. The van der Waals surface area contributed by atoms with Crippen molar-refractivity contribution in [3.05, 3.63) is 34.8 Å². The predicted octanol–water partition coefficient (Wildman–Crippen LogP) is 2.66. The van der Waals surface area contributed by atoms with Crippen LogP contribution in [0.3, 0.4) is 0 Å². The van der Waals surface area contributed by atoms with Crippen LogP contribution in [0, 0.1) is 0 Å². The first-order chi connectivity index (χ1) is 12.7. The molecule has 2 amide bonds. The summed E-state index contributed by atoms with van der Waals surface area (Å²) in [5, 5.41) is 5.85. The Hall–Kier alpha value is -2.28. The van der Waals surface area contributed by atoms with E-state index < -0.39 is 0 Å². The third-order valence-electron chi connectivity index (χ3n) is 4.40. The first-order valence-corrected chi connectivity index (χ1v) is 10.0. The highest BCUT2D eigenvalue weighted by molar-refractivity contribution is 7.09. The maximum absolute atomic E-state index is 12.1. The number of nitrogens with zero attached hydrogens (tertiary/aromatic N) is 3. The third-order valence-corrected chi connectivity index (χ3v) is 5.30. The molecule has 0 unspecified atom stereocenters. The highest BCUT2D eigenvalue weighted by Crippen LogP contribution is 2.19. The Kier molecular flexibility index (Phi) is 6.71. The summed E-state index contributed by atoms with van der Waals surface area (Å²) < 4.78 is 0. The standard InChI is InChI=1S/C19H24N4O2S/c24-17(13-23-12-6-2-1-3-8-19(23)25)21-11-9-18-22-16(14-26-18)15-7-4-5-10-20-15/h4-5,7,10,14H,1-3,6,8-9,11-13H2,(H,21,24). The van der Waals surface area contributed by atoms with Crippen molar-refractivity contribution in [3.8, 4) is 11.4 Å². The number of nitrogens with one attached hydrogen (secondary N) is 1. The van der Waals surface area contributed by atoms with Gasteiger partial charge in [-0.05, 0) is 25.0 Å². The average Bonchev–Trinajstić information content (AvgIpc) is 3.11. The van der Waals surface area contributed by atoms with Crippen LogP contribution in [0.4, 0.5) is 0 Å². The molecule has 2 aromatic rings. The number of thiazole rings is 1. The summed E-state index contributed by atoms with van der Waals surface area (Å²) in [5.41, 5.74) is 1.72. The number of amides is 2. The van der Waals surface area contributed by atoms with Crippen LogP contribution in [0.1, 0.15) is 37.1 Å². The van der Waals surface area contributed by atoms with Gasteiger partial charge in [-0.2, -0.15) is 0 Å². The molecule has 3 heterocycles. The number of pyridine rings is 1. The van der Waals surface area contributed by atoms with Gasteiger partial charge in [0.25, 0.3) is 0 Å². The number of likely N-dealkylation sites (tertiary alicyclic amines) is 1. The predicted molar refractivity (Wildman–Crippen MR) is 102 cm³/mol. The van der Waals surface area contributed by atoms with Gasteiger partial charge in [0.05, 0.1) is 22.9 Å². The van der Waals surface area contributed by atoms with Crippen LogP contribution in [0.2, 0.25) is 0 Å². The summed E-state index contributed by atoms with van der Waals surface area (Å²) in [5.74, 6) is 0.000190. The SMILES string of the molecule is O=C(CN1CCCCCCC1=O)NCCc1nc(-c2ccccn2)cs1. The van der Waals surface area contributed by atoms with E-state index in [1.54, 1.807) is 22.4 Å². The minimum Gasteiger partial charge on any atom is -0.354 e. The lowest BCUT2D eigenvalue weighted by molar-refractivity contribution is -0.136. The molecular weight excluding hydrogens is 348 g/mol. The molecule has 1 saturated heterocycles. The van der Waals surface area contributed by atoms with Crippen molar-refractivity contribution in [2.24, 2.45) is 0 Å². The molecular formula is C19H24N4O2S. The number of carbonyl (C=O) groups excluding carboxylic acids is 2. The Morgan fingerprint density at radius 1 is 1.19 bits per heavy atom. The van der Waals surface area contributed by atoms with Crippen LogP contribution < -0.4 is 5.32 Å². The molecule has 138 valence electrons. The van der Waals surface area contributed by atoms with E-state index in [1.807, 2.05) is 23.6 Å². The molecule has 0 aliphatic carbocycles. The maximum atomic E-state index is 12.1. The van der Waals surface area contributed by atoms with Crippen molar-refractivity contribution in [2.75, 3.05) is 19.6 Å². The van der Waals surface area contributed by atoms with Gasteiger partial charge in [-0.1, -0.05) is 18.9 Å². The molecule has 1 N–H and O–H groups in total. The van der Waals surface area contributed by atoms with E-state index in [1.165, 1.54) is 0 Å². The zero-order chi connectivity index (χ0) is 18.2. The van der Waals surface area contributed by atoms with Crippen LogP contribution >= 0.6 is 11.3 Å². The normalized spacial score (nSPS) is 15.4. The van der Waals surface area contributed by atoms with E-state index in [-0.39, 0.29) is 18.4 Å². The van der Waals surface area contributed by atoms with Gasteiger partial charge >= 0.3 is 0 Å². The fourth-order valence-electron chi connectivity index (χ4n) is 2.98. The lowest BCUT2D eigenvalue weighted by atomic mass is 10.1. The van der Waals surface area contributed by atoms with Gasteiger partial charge in [0.1, 0.15) is 0 Å². The molecule has 1 fully saturated rings. The van der Waals surface area contributed by atoms with Gasteiger partial charge < -0.3 is 10.2 Å². The van der Waals surface area contributed by atoms with Crippen LogP contribution in [-0.2, 0) is 16.0 Å². The Morgan fingerprint density at radius 3 is 2.92 bits per heavy atom. The van der Waals surface area contributed by atoms with Gasteiger partial charge in [-0.3, -0.25) is 14.6 Å². The largest absolute Gasteiger partial charge is 0.354 e. The molecule has 2 aromatic heterocycles. The molecule has 1 aliphatic rings. The second kappa shape index (κ2) is 9.43. The van der Waals surface area contributed by atoms with Crippen molar-refractivity contribution in [1.82, 2.24) is 20.2 Å². The fraction of sp³-hybridized carbons (Fsp3) is 0.474. The van der Waals surface area contributed by atoms with E-state index in [0.29, 0.717) is 25.9 Å². The van der Waals surface area contributed by atoms with Crippen LogP contribution in [0.15, 0.2) is 29.8 Å². The second-order valence-electron chi connectivity index (χ2n) is 6.42. The van der Waals surface area contributed by atoms with E-state index >= 15 is 0 Å². The average molecular weight is 372 g/mol. The Bertz CT molecular complexity index is 732. The molecule has 0 spiro atoms.